The minimum Gasteiger partial charge on any atom is -0.495 e. The van der Waals surface area contributed by atoms with Crippen LogP contribution in [0.1, 0.15) is 10.4 Å². The molecule has 0 aliphatic carbocycles. The largest absolute Gasteiger partial charge is 0.495 e. The predicted molar refractivity (Wildman–Crippen MR) is 98.2 cm³/mol. The second-order valence-electron chi connectivity index (χ2n) is 4.69. The third kappa shape index (κ3) is 4.38. The highest BCUT2D eigenvalue weighted by Gasteiger charge is 2.14. The second-order valence-corrected chi connectivity index (χ2v) is 5.85. The van der Waals surface area contributed by atoms with E-state index in [9.17, 15) is 9.59 Å². The third-order valence-electron chi connectivity index (χ3n) is 3.12. The molecule has 1 N–H and O–H groups in total. The maximum Gasteiger partial charge on any atom is 0.262 e. The standard InChI is InChI=1S/C17H16INO5/c1-22-14-6-4-3-5-13(14)19-16(21)10-24-17-12(18)7-11(9-20)8-15(17)23-2/h3-9H,10H2,1-2H3,(H,19,21). The molecular formula is C17H16INO5. The maximum atomic E-state index is 12.1. The Morgan fingerprint density at radius 1 is 1.17 bits per heavy atom. The lowest BCUT2D eigenvalue weighted by Crippen LogP contribution is -2.21. The van der Waals surface area contributed by atoms with E-state index in [1.165, 1.54) is 14.2 Å². The number of methoxy groups -OCH3 is 2. The smallest absolute Gasteiger partial charge is 0.262 e. The monoisotopic (exact) mass is 441 g/mol. The van der Waals surface area contributed by atoms with Gasteiger partial charge in [0.1, 0.15) is 12.0 Å². The Morgan fingerprint density at radius 2 is 1.88 bits per heavy atom. The minimum atomic E-state index is -0.336. The maximum absolute atomic E-state index is 12.1. The van der Waals surface area contributed by atoms with Crippen molar-refractivity contribution >= 4 is 40.5 Å². The van der Waals surface area contributed by atoms with E-state index in [-0.39, 0.29) is 12.5 Å². The van der Waals surface area contributed by atoms with E-state index in [4.69, 9.17) is 14.2 Å². The van der Waals surface area contributed by atoms with Gasteiger partial charge in [-0.2, -0.15) is 0 Å². The number of rotatable bonds is 7. The van der Waals surface area contributed by atoms with Crippen molar-refractivity contribution in [2.75, 3.05) is 26.1 Å². The molecule has 0 radical (unpaired) electrons. The van der Waals surface area contributed by atoms with Gasteiger partial charge in [-0.05, 0) is 46.9 Å². The first-order chi connectivity index (χ1) is 11.6. The van der Waals surface area contributed by atoms with Crippen LogP contribution < -0.4 is 19.5 Å². The average molecular weight is 441 g/mol. The lowest BCUT2D eigenvalue weighted by atomic mass is 10.2. The highest BCUT2D eigenvalue weighted by molar-refractivity contribution is 14.1. The number of aldehydes is 1. The first kappa shape index (κ1) is 18.1. The van der Waals surface area contributed by atoms with E-state index >= 15 is 0 Å². The van der Waals surface area contributed by atoms with E-state index in [2.05, 4.69) is 5.32 Å². The van der Waals surface area contributed by atoms with Crippen molar-refractivity contribution in [1.82, 2.24) is 0 Å². The lowest BCUT2D eigenvalue weighted by molar-refractivity contribution is -0.118. The van der Waals surface area contributed by atoms with Crippen LogP contribution in [0, 0.1) is 3.57 Å². The molecule has 2 aromatic carbocycles. The van der Waals surface area contributed by atoms with Crippen molar-refractivity contribution in [3.63, 3.8) is 0 Å². The van der Waals surface area contributed by atoms with Gasteiger partial charge in [0.25, 0.3) is 5.91 Å². The molecule has 2 rings (SSSR count). The summed E-state index contributed by atoms with van der Waals surface area (Å²) in [6.45, 7) is -0.204. The molecule has 0 fully saturated rings. The van der Waals surface area contributed by atoms with Gasteiger partial charge in [0.05, 0.1) is 23.5 Å². The molecule has 2 aromatic rings. The molecule has 126 valence electrons. The van der Waals surface area contributed by atoms with Crippen LogP contribution in [0.25, 0.3) is 0 Å². The van der Waals surface area contributed by atoms with Crippen LogP contribution in [-0.4, -0.2) is 33.0 Å². The molecule has 0 unspecified atom stereocenters. The van der Waals surface area contributed by atoms with Crippen molar-refractivity contribution in [2.24, 2.45) is 0 Å². The summed E-state index contributed by atoms with van der Waals surface area (Å²) in [4.78, 5) is 23.0. The van der Waals surface area contributed by atoms with Gasteiger partial charge in [-0.3, -0.25) is 9.59 Å². The Bertz CT molecular complexity index is 748. The molecule has 0 saturated carbocycles. The van der Waals surface area contributed by atoms with Crippen molar-refractivity contribution in [1.29, 1.82) is 0 Å². The predicted octanol–water partition coefficient (Wildman–Crippen LogP) is 3.14. The summed E-state index contributed by atoms with van der Waals surface area (Å²) in [7, 11) is 3.01. The molecule has 1 amide bonds. The number of anilines is 1. The van der Waals surface area contributed by atoms with Gasteiger partial charge < -0.3 is 19.5 Å². The van der Waals surface area contributed by atoms with E-state index in [0.717, 1.165) is 6.29 Å². The molecule has 0 saturated heterocycles. The Morgan fingerprint density at radius 3 is 2.54 bits per heavy atom. The normalized spacial score (nSPS) is 9.96. The zero-order chi connectivity index (χ0) is 17.5. The number of hydrogen-bond donors (Lipinski definition) is 1. The highest BCUT2D eigenvalue weighted by Crippen LogP contribution is 2.33. The third-order valence-corrected chi connectivity index (χ3v) is 3.92. The summed E-state index contributed by atoms with van der Waals surface area (Å²) in [5.74, 6) is 1.04. The summed E-state index contributed by atoms with van der Waals surface area (Å²) in [5.41, 5.74) is 1.04. The minimum absolute atomic E-state index is 0.204. The van der Waals surface area contributed by atoms with Gasteiger partial charge in [0.15, 0.2) is 18.1 Å². The molecule has 0 aliphatic heterocycles. The SMILES string of the molecule is COc1ccccc1NC(=O)COc1c(I)cc(C=O)cc1OC. The molecule has 7 heteroatoms. The summed E-state index contributed by atoms with van der Waals surface area (Å²) < 4.78 is 16.6. The van der Waals surface area contributed by atoms with E-state index in [0.29, 0.717) is 32.1 Å². The zero-order valence-corrected chi connectivity index (χ0v) is 15.3. The van der Waals surface area contributed by atoms with Crippen LogP contribution in [0.2, 0.25) is 0 Å². The molecule has 6 nitrogen and oxygen atoms in total. The Balaban J connectivity index is 2.08. The fraction of sp³-hybridized carbons (Fsp3) is 0.176. The van der Waals surface area contributed by atoms with Gasteiger partial charge in [-0.1, -0.05) is 12.1 Å². The number of carbonyl (C=O) groups excluding carboxylic acids is 2. The number of para-hydroxylation sites is 2. The second kappa shape index (κ2) is 8.53. The fourth-order valence-electron chi connectivity index (χ4n) is 2.02. The molecule has 0 bridgehead atoms. The zero-order valence-electron chi connectivity index (χ0n) is 13.2. The highest BCUT2D eigenvalue weighted by atomic mass is 127. The van der Waals surface area contributed by atoms with Crippen LogP contribution in [-0.2, 0) is 4.79 Å². The summed E-state index contributed by atoms with van der Waals surface area (Å²) in [6, 6.07) is 10.3. The van der Waals surface area contributed by atoms with Gasteiger partial charge in [-0.15, -0.1) is 0 Å². The van der Waals surface area contributed by atoms with Crippen LogP contribution in [0.5, 0.6) is 17.2 Å². The number of halogens is 1. The van der Waals surface area contributed by atoms with Crippen LogP contribution in [0.15, 0.2) is 36.4 Å². The number of hydrogen-bond acceptors (Lipinski definition) is 5. The molecule has 24 heavy (non-hydrogen) atoms. The molecule has 0 aliphatic rings. The first-order valence-corrected chi connectivity index (χ1v) is 8.05. The van der Waals surface area contributed by atoms with Crippen LogP contribution in [0.3, 0.4) is 0 Å². The summed E-state index contributed by atoms with van der Waals surface area (Å²) in [5, 5.41) is 2.72. The molecule has 0 spiro atoms. The fourth-order valence-corrected chi connectivity index (χ4v) is 2.80. The van der Waals surface area contributed by atoms with E-state index in [1.54, 1.807) is 30.3 Å². The lowest BCUT2D eigenvalue weighted by Gasteiger charge is -2.14. The van der Waals surface area contributed by atoms with Gasteiger partial charge in [0.2, 0.25) is 0 Å². The topological polar surface area (TPSA) is 73.9 Å². The quantitative estimate of drug-likeness (QED) is 0.528. The van der Waals surface area contributed by atoms with E-state index in [1.807, 2.05) is 28.7 Å². The number of amides is 1. The van der Waals surface area contributed by atoms with E-state index < -0.39 is 0 Å². The summed E-state index contributed by atoms with van der Waals surface area (Å²) in [6.07, 6.45) is 0.725. The van der Waals surface area contributed by atoms with Gasteiger partial charge in [-0.25, -0.2) is 0 Å². The number of carbonyl (C=O) groups is 2. The van der Waals surface area contributed by atoms with Crippen LogP contribution >= 0.6 is 22.6 Å². The molecule has 0 atom stereocenters. The molecule has 0 aromatic heterocycles. The average Bonchev–Trinajstić information content (AvgIpc) is 2.60. The van der Waals surface area contributed by atoms with Crippen LogP contribution in [0.4, 0.5) is 5.69 Å². The summed E-state index contributed by atoms with van der Waals surface area (Å²) >= 11 is 2.02. The first-order valence-electron chi connectivity index (χ1n) is 6.97. The van der Waals surface area contributed by atoms with Crippen molar-refractivity contribution < 1.29 is 23.8 Å². The molecule has 0 heterocycles. The van der Waals surface area contributed by atoms with Crippen molar-refractivity contribution in [3.05, 3.63) is 45.5 Å². The Kier molecular flexibility index (Phi) is 6.42. The van der Waals surface area contributed by atoms with Crippen molar-refractivity contribution in [3.8, 4) is 17.2 Å². The van der Waals surface area contributed by atoms with Crippen molar-refractivity contribution in [2.45, 2.75) is 0 Å². The molecular weight excluding hydrogens is 425 g/mol. The van der Waals surface area contributed by atoms with Gasteiger partial charge >= 0.3 is 0 Å². The number of nitrogens with one attached hydrogen (secondary N) is 1. The number of ether oxygens (including phenoxy) is 3. The Hall–Kier alpha value is -2.29. The van der Waals surface area contributed by atoms with Gasteiger partial charge in [0, 0.05) is 5.56 Å². The Labute approximate surface area is 153 Å². The number of benzene rings is 2.